The third-order valence-electron chi connectivity index (χ3n) is 4.58. The van der Waals surface area contributed by atoms with Gasteiger partial charge in [0.25, 0.3) is 5.91 Å². The summed E-state index contributed by atoms with van der Waals surface area (Å²) in [6.07, 6.45) is 1.66. The maximum Gasteiger partial charge on any atom is 0.254 e. The van der Waals surface area contributed by atoms with Gasteiger partial charge in [0, 0.05) is 12.1 Å². The van der Waals surface area contributed by atoms with Gasteiger partial charge in [-0.2, -0.15) is 5.26 Å². The van der Waals surface area contributed by atoms with Gasteiger partial charge in [-0.25, -0.2) is 4.39 Å². The van der Waals surface area contributed by atoms with Crippen molar-refractivity contribution in [2.75, 3.05) is 5.75 Å². The number of allylic oxidation sites excluding steroid dienone is 1. The molecule has 3 rings (SSSR count). The minimum absolute atomic E-state index is 0.0586. The predicted octanol–water partition coefficient (Wildman–Crippen LogP) is 3.94. The van der Waals surface area contributed by atoms with Crippen LogP contribution in [0.1, 0.15) is 45.1 Å². The van der Waals surface area contributed by atoms with E-state index in [1.54, 1.807) is 47.9 Å². The van der Waals surface area contributed by atoms with Crippen LogP contribution in [0.25, 0.3) is 0 Å². The number of amides is 1. The zero-order chi connectivity index (χ0) is 23.1. The Morgan fingerprint density at radius 1 is 1.25 bits per heavy atom. The first-order chi connectivity index (χ1) is 15.4. The van der Waals surface area contributed by atoms with Gasteiger partial charge in [0.2, 0.25) is 0 Å². The van der Waals surface area contributed by atoms with Crippen LogP contribution in [-0.4, -0.2) is 32.2 Å². The predicted molar refractivity (Wildman–Crippen MR) is 119 cm³/mol. The molecule has 0 fully saturated rings. The number of nitriles is 1. The van der Waals surface area contributed by atoms with Gasteiger partial charge in [-0.3, -0.25) is 9.59 Å². The lowest BCUT2D eigenvalue weighted by Gasteiger charge is -2.15. The molecule has 9 heteroatoms. The summed E-state index contributed by atoms with van der Waals surface area (Å²) in [5.74, 6) is -0.703. The fourth-order valence-corrected chi connectivity index (χ4v) is 3.81. The first kappa shape index (κ1) is 22.9. The Labute approximate surface area is 189 Å². The van der Waals surface area contributed by atoms with Crippen LogP contribution in [0.15, 0.2) is 66.3 Å². The number of aromatic nitrogens is 3. The van der Waals surface area contributed by atoms with E-state index in [1.807, 2.05) is 6.07 Å². The molecule has 2 aromatic carbocycles. The van der Waals surface area contributed by atoms with Crippen molar-refractivity contribution in [2.24, 2.45) is 0 Å². The molecule has 0 aliphatic heterocycles. The van der Waals surface area contributed by atoms with Crippen LogP contribution in [0, 0.1) is 17.1 Å². The van der Waals surface area contributed by atoms with Gasteiger partial charge < -0.3 is 9.88 Å². The summed E-state index contributed by atoms with van der Waals surface area (Å²) < 4.78 is 15.6. The van der Waals surface area contributed by atoms with Gasteiger partial charge in [-0.05, 0) is 31.2 Å². The standard InChI is InChI=1S/C23H20FN5O2S/c1-3-12-29-21(15(2)26-22(31)18-6-4-5-7-19(18)24)27-28-23(29)32-14-20(30)17-10-8-16(13-25)9-11-17/h3-11,15H,1,12,14H2,2H3,(H,26,31). The number of thioether (sulfide) groups is 1. The number of benzene rings is 2. The first-order valence-electron chi connectivity index (χ1n) is 9.70. The Morgan fingerprint density at radius 3 is 2.62 bits per heavy atom. The SMILES string of the molecule is C=CCn1c(SCC(=O)c2ccc(C#N)cc2)nnc1C(C)NC(=O)c1ccccc1F. The van der Waals surface area contributed by atoms with Crippen molar-refractivity contribution in [3.8, 4) is 6.07 Å². The number of hydrogen-bond donors (Lipinski definition) is 1. The monoisotopic (exact) mass is 449 g/mol. The molecule has 0 aliphatic carbocycles. The molecule has 0 bridgehead atoms. The smallest absolute Gasteiger partial charge is 0.254 e. The largest absolute Gasteiger partial charge is 0.342 e. The van der Waals surface area contributed by atoms with Crippen molar-refractivity contribution in [3.05, 3.63) is 89.5 Å². The molecule has 1 heterocycles. The molecule has 1 aromatic heterocycles. The number of carbonyl (C=O) groups is 2. The van der Waals surface area contributed by atoms with E-state index in [1.165, 1.54) is 30.0 Å². The van der Waals surface area contributed by atoms with E-state index in [2.05, 4.69) is 22.1 Å². The molecule has 0 spiro atoms. The van der Waals surface area contributed by atoms with Crippen LogP contribution in [0.5, 0.6) is 0 Å². The highest BCUT2D eigenvalue weighted by molar-refractivity contribution is 7.99. The Hall–Kier alpha value is -3.77. The van der Waals surface area contributed by atoms with Gasteiger partial charge in [0.15, 0.2) is 16.8 Å². The normalized spacial score (nSPS) is 11.4. The van der Waals surface area contributed by atoms with Crippen LogP contribution in [-0.2, 0) is 6.54 Å². The molecule has 1 amide bonds. The van der Waals surface area contributed by atoms with Gasteiger partial charge in [0.1, 0.15) is 5.82 Å². The number of nitrogens with zero attached hydrogens (tertiary/aromatic N) is 4. The molecular formula is C23H20FN5O2S. The summed E-state index contributed by atoms with van der Waals surface area (Å²) in [6.45, 7) is 5.83. The summed E-state index contributed by atoms with van der Waals surface area (Å²) in [5.41, 5.74) is 0.921. The van der Waals surface area contributed by atoms with E-state index in [0.29, 0.717) is 28.7 Å². The maximum absolute atomic E-state index is 13.9. The Balaban J connectivity index is 1.72. The van der Waals surface area contributed by atoms with Gasteiger partial charge >= 0.3 is 0 Å². The molecule has 32 heavy (non-hydrogen) atoms. The van der Waals surface area contributed by atoms with Crippen LogP contribution in [0.4, 0.5) is 4.39 Å². The number of carbonyl (C=O) groups excluding carboxylic acids is 2. The molecule has 7 nitrogen and oxygen atoms in total. The Bertz CT molecular complexity index is 1180. The summed E-state index contributed by atoms with van der Waals surface area (Å²) >= 11 is 1.21. The van der Waals surface area contributed by atoms with E-state index in [0.717, 1.165) is 0 Å². The quantitative estimate of drug-likeness (QED) is 0.302. The molecule has 0 aliphatic rings. The highest BCUT2D eigenvalue weighted by Crippen LogP contribution is 2.22. The number of rotatable bonds is 9. The molecule has 0 saturated heterocycles. The summed E-state index contributed by atoms with van der Waals surface area (Å²) in [6, 6.07) is 13.6. The average Bonchev–Trinajstić information content (AvgIpc) is 3.20. The van der Waals surface area contributed by atoms with E-state index in [-0.39, 0.29) is 17.1 Å². The van der Waals surface area contributed by atoms with Crippen molar-refractivity contribution in [3.63, 3.8) is 0 Å². The van der Waals surface area contributed by atoms with Gasteiger partial charge in [-0.1, -0.05) is 42.1 Å². The van der Waals surface area contributed by atoms with Gasteiger partial charge in [-0.15, -0.1) is 16.8 Å². The third-order valence-corrected chi connectivity index (χ3v) is 5.55. The lowest BCUT2D eigenvalue weighted by atomic mass is 10.1. The molecule has 1 N–H and O–H groups in total. The van der Waals surface area contributed by atoms with Crippen LogP contribution >= 0.6 is 11.8 Å². The molecular weight excluding hydrogens is 429 g/mol. The topological polar surface area (TPSA) is 101 Å². The van der Waals surface area contributed by atoms with E-state index in [4.69, 9.17) is 5.26 Å². The van der Waals surface area contributed by atoms with E-state index < -0.39 is 17.8 Å². The van der Waals surface area contributed by atoms with Gasteiger partial charge in [0.05, 0.1) is 29.0 Å². The van der Waals surface area contributed by atoms with Crippen molar-refractivity contribution in [2.45, 2.75) is 24.7 Å². The highest BCUT2D eigenvalue weighted by atomic mass is 32.2. The fraction of sp³-hybridized carbons (Fsp3) is 0.174. The molecule has 0 radical (unpaired) electrons. The highest BCUT2D eigenvalue weighted by Gasteiger charge is 2.21. The molecule has 162 valence electrons. The number of hydrogen-bond acceptors (Lipinski definition) is 6. The minimum Gasteiger partial charge on any atom is -0.342 e. The van der Waals surface area contributed by atoms with E-state index in [9.17, 15) is 14.0 Å². The van der Waals surface area contributed by atoms with Crippen molar-refractivity contribution >= 4 is 23.5 Å². The molecule has 1 unspecified atom stereocenters. The van der Waals surface area contributed by atoms with Crippen molar-refractivity contribution in [1.29, 1.82) is 5.26 Å². The first-order valence-corrected chi connectivity index (χ1v) is 10.7. The fourth-order valence-electron chi connectivity index (χ4n) is 2.96. The number of halogens is 1. The van der Waals surface area contributed by atoms with Crippen LogP contribution in [0.2, 0.25) is 0 Å². The third kappa shape index (κ3) is 5.28. The molecule has 3 aromatic rings. The second kappa shape index (κ2) is 10.5. The van der Waals surface area contributed by atoms with Crippen molar-refractivity contribution in [1.82, 2.24) is 20.1 Å². The lowest BCUT2D eigenvalue weighted by Crippen LogP contribution is -2.29. The Morgan fingerprint density at radius 2 is 1.97 bits per heavy atom. The number of ketones is 1. The summed E-state index contributed by atoms with van der Waals surface area (Å²) in [4.78, 5) is 24.9. The Kier molecular flexibility index (Phi) is 7.52. The van der Waals surface area contributed by atoms with Crippen molar-refractivity contribution < 1.29 is 14.0 Å². The number of nitrogens with one attached hydrogen (secondary N) is 1. The second-order valence-corrected chi connectivity index (χ2v) is 7.76. The molecule has 1 atom stereocenters. The number of Topliss-reactive ketones (excluding diaryl/α,β-unsaturated/α-hetero) is 1. The minimum atomic E-state index is -0.609. The van der Waals surface area contributed by atoms with Crippen LogP contribution in [0.3, 0.4) is 0 Å². The zero-order valence-electron chi connectivity index (χ0n) is 17.3. The lowest BCUT2D eigenvalue weighted by molar-refractivity contribution is 0.0932. The average molecular weight is 450 g/mol. The summed E-state index contributed by atoms with van der Waals surface area (Å²) in [7, 11) is 0. The van der Waals surface area contributed by atoms with E-state index >= 15 is 0 Å². The second-order valence-electron chi connectivity index (χ2n) is 6.82. The summed E-state index contributed by atoms with van der Waals surface area (Å²) in [5, 5.41) is 20.4. The maximum atomic E-state index is 13.9. The zero-order valence-corrected chi connectivity index (χ0v) is 18.1. The van der Waals surface area contributed by atoms with Crippen LogP contribution < -0.4 is 5.32 Å². The molecule has 0 saturated carbocycles.